The van der Waals surface area contributed by atoms with Crippen LogP contribution in [0.5, 0.6) is 0 Å². The molecule has 0 atom stereocenters. The lowest BCUT2D eigenvalue weighted by Gasteiger charge is -2.00. The van der Waals surface area contributed by atoms with E-state index in [9.17, 15) is 5.21 Å². The van der Waals surface area contributed by atoms with Gasteiger partial charge >= 0.3 is 0 Å². The topological polar surface area (TPSA) is 39.0 Å². The van der Waals surface area contributed by atoms with Crippen LogP contribution in [0.2, 0.25) is 0 Å². The first-order chi connectivity index (χ1) is 5.79. The summed E-state index contributed by atoms with van der Waals surface area (Å²) in [6.07, 6.45) is 5.37. The molecule has 0 aliphatic heterocycles. The fraction of sp³-hybridized carbons (Fsp3) is 0.333. The number of rotatable bonds is 0. The number of aromatic nitrogens is 1. The van der Waals surface area contributed by atoms with Crippen molar-refractivity contribution in [2.45, 2.75) is 12.8 Å². The third-order valence-electron chi connectivity index (χ3n) is 2.23. The molecular weight excluding hydrogens is 152 g/mol. The fourth-order valence-electron chi connectivity index (χ4n) is 1.62. The van der Waals surface area contributed by atoms with Crippen molar-refractivity contribution in [1.29, 1.82) is 0 Å². The van der Waals surface area contributed by atoms with E-state index in [0.717, 1.165) is 28.9 Å². The fourth-order valence-corrected chi connectivity index (χ4v) is 1.62. The van der Waals surface area contributed by atoms with Crippen molar-refractivity contribution in [1.82, 2.24) is 4.98 Å². The first-order valence-electron chi connectivity index (χ1n) is 3.99. The number of hydroxylamine groups is 1. The van der Waals surface area contributed by atoms with Crippen LogP contribution in [0.15, 0.2) is 18.5 Å². The molecule has 0 saturated carbocycles. The second kappa shape index (κ2) is 2.59. The minimum absolute atomic E-state index is 0.848. The molecule has 0 radical (unpaired) electrons. The summed E-state index contributed by atoms with van der Waals surface area (Å²) in [6.45, 7) is 0. The van der Waals surface area contributed by atoms with Crippen molar-refractivity contribution < 1.29 is 4.74 Å². The van der Waals surface area contributed by atoms with E-state index >= 15 is 0 Å². The van der Waals surface area contributed by atoms with E-state index < -0.39 is 0 Å². The van der Waals surface area contributed by atoms with Gasteiger partial charge in [-0.1, -0.05) is 0 Å². The highest BCUT2D eigenvalue weighted by molar-refractivity contribution is 6.00. The molecule has 0 saturated heterocycles. The zero-order chi connectivity index (χ0) is 8.55. The van der Waals surface area contributed by atoms with Crippen molar-refractivity contribution in [3.05, 3.63) is 34.8 Å². The van der Waals surface area contributed by atoms with Crippen LogP contribution in [-0.4, -0.2) is 22.5 Å². The molecule has 1 aliphatic rings. The van der Waals surface area contributed by atoms with Gasteiger partial charge in [0.15, 0.2) is 5.71 Å². The number of hydrogen-bond donors (Lipinski definition) is 0. The first kappa shape index (κ1) is 7.28. The highest BCUT2D eigenvalue weighted by atomic mass is 16.5. The predicted octanol–water partition coefficient (Wildman–Crippen LogP) is 0.957. The summed E-state index contributed by atoms with van der Waals surface area (Å²) >= 11 is 0. The van der Waals surface area contributed by atoms with Crippen LogP contribution >= 0.6 is 0 Å². The van der Waals surface area contributed by atoms with Crippen LogP contribution in [0.3, 0.4) is 0 Å². The van der Waals surface area contributed by atoms with E-state index in [0.29, 0.717) is 0 Å². The third kappa shape index (κ3) is 0.978. The number of fused-ring (bicyclic) bond motifs is 1. The average molecular weight is 162 g/mol. The van der Waals surface area contributed by atoms with E-state index in [1.807, 2.05) is 12.3 Å². The second-order valence-electron chi connectivity index (χ2n) is 2.98. The normalized spacial score (nSPS) is 19.1. The van der Waals surface area contributed by atoms with Gasteiger partial charge in [0.1, 0.15) is 7.05 Å². The van der Waals surface area contributed by atoms with E-state index in [2.05, 4.69) is 4.98 Å². The standard InChI is InChI=1S/C9H10N2O/c1-11(12)9-3-2-7-6-10-5-4-8(7)9/h4-6H,2-3H2,1H3/b11-9+. The monoisotopic (exact) mass is 162 g/mol. The Morgan fingerprint density at radius 3 is 3.08 bits per heavy atom. The van der Waals surface area contributed by atoms with E-state index in [4.69, 9.17) is 0 Å². The lowest BCUT2D eigenvalue weighted by Crippen LogP contribution is -2.09. The van der Waals surface area contributed by atoms with Crippen LogP contribution < -0.4 is 0 Å². The maximum atomic E-state index is 11.1. The quantitative estimate of drug-likeness (QED) is 0.324. The summed E-state index contributed by atoms with van der Waals surface area (Å²) < 4.78 is 0.950. The van der Waals surface area contributed by atoms with Gasteiger partial charge < -0.3 is 5.21 Å². The highest BCUT2D eigenvalue weighted by Gasteiger charge is 2.22. The molecule has 0 fully saturated rings. The number of hydrogen-bond acceptors (Lipinski definition) is 2. The zero-order valence-electron chi connectivity index (χ0n) is 6.95. The Labute approximate surface area is 71.0 Å². The molecule has 12 heavy (non-hydrogen) atoms. The molecule has 1 heterocycles. The summed E-state index contributed by atoms with van der Waals surface area (Å²) in [7, 11) is 1.55. The highest BCUT2D eigenvalue weighted by Crippen LogP contribution is 2.20. The molecule has 1 aromatic heterocycles. The Balaban J connectivity index is 2.57. The zero-order valence-corrected chi connectivity index (χ0v) is 6.95. The van der Waals surface area contributed by atoms with Crippen molar-refractivity contribution in [2.24, 2.45) is 0 Å². The summed E-state index contributed by atoms with van der Waals surface area (Å²) in [5, 5.41) is 11.1. The molecule has 62 valence electrons. The maximum absolute atomic E-state index is 11.1. The minimum atomic E-state index is 0.848. The van der Waals surface area contributed by atoms with Crippen LogP contribution in [-0.2, 0) is 6.42 Å². The van der Waals surface area contributed by atoms with Gasteiger partial charge in [-0.3, -0.25) is 4.98 Å². The number of nitrogens with zero attached hydrogens (tertiary/aromatic N) is 2. The second-order valence-corrected chi connectivity index (χ2v) is 2.98. The average Bonchev–Trinajstić information content (AvgIpc) is 2.47. The predicted molar refractivity (Wildman–Crippen MR) is 46.2 cm³/mol. The molecular formula is C9H10N2O. The first-order valence-corrected chi connectivity index (χ1v) is 3.99. The molecule has 0 amide bonds. The number of pyridine rings is 1. The summed E-state index contributed by atoms with van der Waals surface area (Å²) in [5.41, 5.74) is 3.14. The number of aryl methyl sites for hydroxylation is 1. The molecule has 0 unspecified atom stereocenters. The molecule has 0 spiro atoms. The van der Waals surface area contributed by atoms with Gasteiger partial charge in [0.05, 0.1) is 0 Å². The molecule has 0 aromatic carbocycles. The van der Waals surface area contributed by atoms with Crippen molar-refractivity contribution in [3.63, 3.8) is 0 Å². The third-order valence-corrected chi connectivity index (χ3v) is 2.23. The van der Waals surface area contributed by atoms with Crippen LogP contribution in [0.1, 0.15) is 17.5 Å². The van der Waals surface area contributed by atoms with Gasteiger partial charge in [-0.25, -0.2) is 4.74 Å². The molecule has 3 heteroatoms. The Morgan fingerprint density at radius 2 is 2.33 bits per heavy atom. The summed E-state index contributed by atoms with van der Waals surface area (Å²) in [4.78, 5) is 4.02. The van der Waals surface area contributed by atoms with E-state index in [1.54, 1.807) is 13.2 Å². The van der Waals surface area contributed by atoms with Crippen molar-refractivity contribution in [2.75, 3.05) is 7.05 Å². The van der Waals surface area contributed by atoms with Crippen LogP contribution in [0.4, 0.5) is 0 Å². The molecule has 2 rings (SSSR count). The largest absolute Gasteiger partial charge is 0.624 e. The van der Waals surface area contributed by atoms with Gasteiger partial charge in [-0.2, -0.15) is 0 Å². The van der Waals surface area contributed by atoms with Gasteiger partial charge in [0, 0.05) is 24.4 Å². The Kier molecular flexibility index (Phi) is 1.57. The van der Waals surface area contributed by atoms with E-state index in [1.165, 1.54) is 5.56 Å². The summed E-state index contributed by atoms with van der Waals surface area (Å²) in [6, 6.07) is 1.91. The van der Waals surface area contributed by atoms with Gasteiger partial charge in [-0.05, 0) is 18.1 Å². The smallest absolute Gasteiger partial charge is 0.194 e. The van der Waals surface area contributed by atoms with Crippen LogP contribution in [0, 0.1) is 5.21 Å². The van der Waals surface area contributed by atoms with Crippen molar-refractivity contribution >= 4 is 5.71 Å². The molecule has 0 bridgehead atoms. The lowest BCUT2D eigenvalue weighted by molar-refractivity contribution is -0.423. The molecule has 0 N–H and O–H groups in total. The molecule has 1 aliphatic carbocycles. The van der Waals surface area contributed by atoms with Crippen molar-refractivity contribution in [3.8, 4) is 0 Å². The van der Waals surface area contributed by atoms with Gasteiger partial charge in [0.2, 0.25) is 0 Å². The Morgan fingerprint density at radius 1 is 1.50 bits per heavy atom. The van der Waals surface area contributed by atoms with E-state index in [-0.39, 0.29) is 0 Å². The van der Waals surface area contributed by atoms with Gasteiger partial charge in [0.25, 0.3) is 0 Å². The Bertz CT molecular complexity index is 340. The minimum Gasteiger partial charge on any atom is -0.624 e. The molecule has 3 nitrogen and oxygen atoms in total. The van der Waals surface area contributed by atoms with Crippen LogP contribution in [0.25, 0.3) is 0 Å². The Hall–Kier alpha value is -1.38. The van der Waals surface area contributed by atoms with Gasteiger partial charge in [-0.15, -0.1) is 0 Å². The maximum Gasteiger partial charge on any atom is 0.194 e. The SMILES string of the molecule is C/[N+]([O-])=C1/CCc2cnccc21. The summed E-state index contributed by atoms with van der Waals surface area (Å²) in [5.74, 6) is 0. The lowest BCUT2D eigenvalue weighted by atomic mass is 10.2. The molecule has 1 aromatic rings.